The number of carbonyl (C=O) groups is 2. The molecule has 2 amide bonds. The Morgan fingerprint density at radius 2 is 1.95 bits per heavy atom. The molecule has 19 heavy (non-hydrogen) atoms. The van der Waals surface area contributed by atoms with Crippen molar-refractivity contribution in [3.05, 3.63) is 28.1 Å². The third kappa shape index (κ3) is 3.70. The second kappa shape index (κ2) is 6.39. The molecule has 2 N–H and O–H groups in total. The predicted molar refractivity (Wildman–Crippen MR) is 66.2 cm³/mol. The summed E-state index contributed by atoms with van der Waals surface area (Å²) in [6.45, 7) is 5.74. The molecule has 0 aliphatic rings. The molecule has 0 atom stereocenters. The van der Waals surface area contributed by atoms with Crippen molar-refractivity contribution in [2.24, 2.45) is 0 Å². The van der Waals surface area contributed by atoms with Crippen molar-refractivity contribution in [3.63, 3.8) is 0 Å². The first kappa shape index (κ1) is 17.9. The fourth-order valence-electron chi connectivity index (χ4n) is 1.57. The second-order valence-corrected chi connectivity index (χ2v) is 4.43. The number of aryl methyl sites for hydroxylation is 1. The van der Waals surface area contributed by atoms with Gasteiger partial charge in [-0.05, 0) is 20.8 Å². The normalized spacial score (nSPS) is 10.5. The molecular weight excluding hydrogens is 325 g/mol. The number of rotatable bonds is 3. The van der Waals surface area contributed by atoms with Crippen LogP contribution < -0.4 is 10.9 Å². The number of anilines is 1. The van der Waals surface area contributed by atoms with E-state index in [2.05, 4.69) is 10.3 Å². The average Bonchev–Trinajstić information content (AvgIpc) is 2.21. The zero-order valence-corrected chi connectivity index (χ0v) is 14.1. The van der Waals surface area contributed by atoms with E-state index in [0.717, 1.165) is 4.57 Å². The van der Waals surface area contributed by atoms with Gasteiger partial charge in [0.05, 0.1) is 17.6 Å². The number of nitrogens with one attached hydrogen (secondary N) is 2. The first-order chi connectivity index (χ1) is 8.17. The maximum atomic E-state index is 12.1. The third-order valence-corrected chi connectivity index (χ3v) is 2.56. The molecule has 0 aromatic carbocycles. The fourth-order valence-corrected chi connectivity index (χ4v) is 1.57. The van der Waals surface area contributed by atoms with Gasteiger partial charge in [-0.25, -0.2) is 4.98 Å². The molecule has 101 valence electrons. The van der Waals surface area contributed by atoms with Crippen LogP contribution in [0.2, 0.25) is 0 Å². The molecule has 0 unspecified atom stereocenters. The van der Waals surface area contributed by atoms with Crippen molar-refractivity contribution in [3.8, 4) is 0 Å². The molecule has 0 saturated heterocycles. The van der Waals surface area contributed by atoms with E-state index in [1.165, 1.54) is 27.0 Å². The summed E-state index contributed by atoms with van der Waals surface area (Å²) in [6, 6.07) is 0. The van der Waals surface area contributed by atoms with Crippen molar-refractivity contribution >= 4 is 17.5 Å². The van der Waals surface area contributed by atoms with E-state index in [9.17, 15) is 14.4 Å². The van der Waals surface area contributed by atoms with E-state index >= 15 is 0 Å². The van der Waals surface area contributed by atoms with E-state index in [-0.39, 0.29) is 38.4 Å². The standard InChI is InChI=1S/C11H16N4O3.Y/c1-6-13-5-8(14-7(2)16)9(17)15(6)11(3,4)10(12)18;/h5H,1-4H3,(H3,12,14,16,18);/p-1. The number of hydrogen-bond donors (Lipinski definition) is 1. The molecule has 0 bridgehead atoms. The van der Waals surface area contributed by atoms with Crippen LogP contribution in [0.15, 0.2) is 11.0 Å². The van der Waals surface area contributed by atoms with Crippen LogP contribution in [0.3, 0.4) is 0 Å². The largest absolute Gasteiger partial charge is 0.666 e. The number of carbonyl (C=O) groups excluding carboxylic acids is 2. The smallest absolute Gasteiger partial charge is 0.278 e. The molecule has 0 spiro atoms. The van der Waals surface area contributed by atoms with Crippen LogP contribution in [0.5, 0.6) is 0 Å². The number of nitrogens with zero attached hydrogens (tertiary/aromatic N) is 2. The topological polar surface area (TPSA) is 105 Å². The van der Waals surface area contributed by atoms with E-state index in [1.807, 2.05) is 0 Å². The molecule has 1 aromatic heterocycles. The van der Waals surface area contributed by atoms with E-state index in [4.69, 9.17) is 5.73 Å². The zero-order chi connectivity index (χ0) is 14.1. The van der Waals surface area contributed by atoms with Crippen LogP contribution in [-0.4, -0.2) is 21.4 Å². The fraction of sp³-hybridized carbons (Fsp3) is 0.455. The summed E-state index contributed by atoms with van der Waals surface area (Å²) < 4.78 is 1.10. The molecule has 1 aromatic rings. The summed E-state index contributed by atoms with van der Waals surface area (Å²) in [5, 5.41) is 2.34. The van der Waals surface area contributed by atoms with E-state index in [1.54, 1.807) is 6.92 Å². The molecule has 7 nitrogen and oxygen atoms in total. The Balaban J connectivity index is 0.00000324. The summed E-state index contributed by atoms with van der Waals surface area (Å²) in [5.41, 5.74) is 5.31. The molecule has 8 heteroatoms. The Kier molecular flexibility index (Phi) is 6.02. The SMILES string of the molecule is CC(=O)Nc1cnc(C)n(C(C)(C)C([NH-])=O)c1=O.[Y]. The van der Waals surface area contributed by atoms with Gasteiger partial charge in [-0.1, -0.05) is 0 Å². The van der Waals surface area contributed by atoms with Crippen molar-refractivity contribution in [1.29, 1.82) is 0 Å². The maximum Gasteiger partial charge on any atom is 0.278 e. The van der Waals surface area contributed by atoms with Crippen LogP contribution in [0, 0.1) is 6.92 Å². The Labute approximate surface area is 135 Å². The van der Waals surface area contributed by atoms with E-state index in [0.29, 0.717) is 5.82 Å². The van der Waals surface area contributed by atoms with Crippen molar-refractivity contribution in [2.75, 3.05) is 5.32 Å². The van der Waals surface area contributed by atoms with E-state index < -0.39 is 22.9 Å². The minimum Gasteiger partial charge on any atom is -0.666 e. The number of hydrogen-bond acceptors (Lipinski definition) is 4. The minimum atomic E-state index is -1.33. The van der Waals surface area contributed by atoms with Gasteiger partial charge in [0, 0.05) is 39.6 Å². The van der Waals surface area contributed by atoms with Crippen LogP contribution in [-0.2, 0) is 47.8 Å². The van der Waals surface area contributed by atoms with Crippen LogP contribution in [0.4, 0.5) is 5.69 Å². The monoisotopic (exact) mass is 340 g/mol. The summed E-state index contributed by atoms with van der Waals surface area (Å²) in [5.74, 6) is -1.01. The average molecular weight is 340 g/mol. The van der Waals surface area contributed by atoms with Gasteiger partial charge >= 0.3 is 0 Å². The predicted octanol–water partition coefficient (Wildman–Crippen LogP) is 0.822. The Hall–Kier alpha value is -1.08. The first-order valence-electron chi connectivity index (χ1n) is 5.30. The Morgan fingerprint density at radius 1 is 1.42 bits per heavy atom. The summed E-state index contributed by atoms with van der Waals surface area (Å²) in [4.78, 5) is 38.4. The minimum absolute atomic E-state index is 0. The van der Waals surface area contributed by atoms with Crippen LogP contribution in [0.1, 0.15) is 26.6 Å². The second-order valence-electron chi connectivity index (χ2n) is 4.43. The van der Waals surface area contributed by atoms with Gasteiger partial charge in [0.15, 0.2) is 0 Å². The summed E-state index contributed by atoms with van der Waals surface area (Å²) in [7, 11) is 0. The molecule has 1 radical (unpaired) electrons. The maximum absolute atomic E-state index is 12.1. The molecule has 0 aliphatic carbocycles. The van der Waals surface area contributed by atoms with Crippen molar-refractivity contribution < 1.29 is 42.3 Å². The van der Waals surface area contributed by atoms with Gasteiger partial charge in [0.25, 0.3) is 5.56 Å². The van der Waals surface area contributed by atoms with Gasteiger partial charge in [-0.3, -0.25) is 14.2 Å². The quantitative estimate of drug-likeness (QED) is 0.879. The molecule has 0 fully saturated rings. The van der Waals surface area contributed by atoms with Crippen molar-refractivity contribution in [1.82, 2.24) is 9.55 Å². The van der Waals surface area contributed by atoms with Gasteiger partial charge in [-0.2, -0.15) is 0 Å². The molecule has 0 aliphatic heterocycles. The Morgan fingerprint density at radius 3 is 2.37 bits per heavy atom. The van der Waals surface area contributed by atoms with Crippen molar-refractivity contribution in [2.45, 2.75) is 33.2 Å². The van der Waals surface area contributed by atoms with Crippen LogP contribution in [0.25, 0.3) is 5.73 Å². The Bertz CT molecular complexity index is 566. The molecule has 0 saturated carbocycles. The number of aromatic nitrogens is 2. The summed E-state index contributed by atoms with van der Waals surface area (Å²) >= 11 is 0. The van der Waals surface area contributed by atoms with Gasteiger partial charge in [0.1, 0.15) is 11.5 Å². The first-order valence-corrected chi connectivity index (χ1v) is 5.30. The zero-order valence-electron chi connectivity index (χ0n) is 11.3. The molecular formula is C11H15N4O3Y-. The molecule has 1 heterocycles. The summed E-state index contributed by atoms with van der Waals surface area (Å²) in [6.07, 6.45) is 1.24. The van der Waals surface area contributed by atoms with Crippen LogP contribution >= 0.6 is 0 Å². The van der Waals surface area contributed by atoms with Gasteiger partial charge < -0.3 is 15.8 Å². The number of amides is 2. The van der Waals surface area contributed by atoms with Gasteiger partial charge in [0.2, 0.25) is 5.91 Å². The third-order valence-electron chi connectivity index (χ3n) is 2.56. The van der Waals surface area contributed by atoms with Gasteiger partial charge in [-0.15, -0.1) is 0 Å². The molecule has 1 rings (SSSR count).